The summed E-state index contributed by atoms with van der Waals surface area (Å²) >= 11 is 0. The molecular weight excluding hydrogens is 206 g/mol. The van der Waals surface area contributed by atoms with Gasteiger partial charge in [-0.1, -0.05) is 12.1 Å². The normalized spacial score (nSPS) is 10.4. The van der Waals surface area contributed by atoms with Gasteiger partial charge >= 0.3 is 0 Å². The van der Waals surface area contributed by atoms with Crippen LogP contribution < -0.4 is 21.3 Å². The van der Waals surface area contributed by atoms with Crippen LogP contribution in [0.15, 0.2) is 30.3 Å². The molecule has 0 spiro atoms. The molecule has 0 aromatic heterocycles. The van der Waals surface area contributed by atoms with Gasteiger partial charge in [0.1, 0.15) is 5.75 Å². The molecule has 1 amide bonds. The van der Waals surface area contributed by atoms with E-state index in [1.54, 1.807) is 13.2 Å². The smallest absolute Gasteiger partial charge is 0.258 e. The number of benzene rings is 1. The zero-order chi connectivity index (χ0) is 11.8. The maximum atomic E-state index is 11.2. The first kappa shape index (κ1) is 12.2. The van der Waals surface area contributed by atoms with E-state index >= 15 is 0 Å². The number of amides is 1. The highest BCUT2D eigenvalue weighted by Gasteiger charge is 1.94. The van der Waals surface area contributed by atoms with Gasteiger partial charge in [0.05, 0.1) is 13.8 Å². The average Bonchev–Trinajstić information content (AvgIpc) is 2.34. The fourth-order valence-corrected chi connectivity index (χ4v) is 1.10. The summed E-state index contributed by atoms with van der Waals surface area (Å²) in [6.45, 7) is 0.193. The number of carbonyl (C=O) groups excluding carboxylic acids is 1. The number of rotatable bonds is 5. The molecule has 4 N–H and O–H groups in total. The van der Waals surface area contributed by atoms with Crippen molar-refractivity contribution in [1.29, 1.82) is 0 Å². The van der Waals surface area contributed by atoms with Gasteiger partial charge in [-0.15, -0.1) is 0 Å². The largest absolute Gasteiger partial charge is 0.497 e. The minimum atomic E-state index is -0.256. The van der Waals surface area contributed by atoms with Crippen molar-refractivity contribution < 1.29 is 9.53 Å². The number of nitrogens with two attached hydrogens (primary N) is 1. The third-order valence-corrected chi connectivity index (χ3v) is 1.83. The molecule has 0 saturated heterocycles. The topological polar surface area (TPSA) is 76.4 Å². The molecule has 0 atom stereocenters. The van der Waals surface area contributed by atoms with Crippen molar-refractivity contribution in [3.05, 3.63) is 35.9 Å². The summed E-state index contributed by atoms with van der Waals surface area (Å²) in [5.41, 5.74) is 11.0. The summed E-state index contributed by atoms with van der Waals surface area (Å²) in [5, 5.41) is 0. The Balaban J connectivity index is 2.58. The lowest BCUT2D eigenvalue weighted by Crippen LogP contribution is -2.39. The van der Waals surface area contributed by atoms with Crippen LogP contribution >= 0.6 is 0 Å². The number of hydrazine groups is 1. The highest BCUT2D eigenvalue weighted by Crippen LogP contribution is 2.13. The van der Waals surface area contributed by atoms with Crippen LogP contribution in [0.25, 0.3) is 6.08 Å². The first-order valence-corrected chi connectivity index (χ1v) is 4.81. The third-order valence-electron chi connectivity index (χ3n) is 1.83. The third kappa shape index (κ3) is 4.12. The van der Waals surface area contributed by atoms with Gasteiger partial charge in [0.25, 0.3) is 5.91 Å². The maximum Gasteiger partial charge on any atom is 0.258 e. The monoisotopic (exact) mass is 221 g/mol. The molecule has 0 aliphatic carbocycles. The molecule has 0 unspecified atom stereocenters. The molecule has 1 aromatic rings. The Labute approximate surface area is 94.3 Å². The molecule has 0 radical (unpaired) electrons. The molecule has 16 heavy (non-hydrogen) atoms. The Kier molecular flexibility index (Phi) is 5.04. The van der Waals surface area contributed by atoms with Crippen molar-refractivity contribution in [1.82, 2.24) is 10.9 Å². The van der Waals surface area contributed by atoms with Gasteiger partial charge in [-0.2, -0.15) is 0 Å². The summed E-state index contributed by atoms with van der Waals surface area (Å²) < 4.78 is 5.06. The highest BCUT2D eigenvalue weighted by atomic mass is 16.5. The lowest BCUT2D eigenvalue weighted by atomic mass is 10.2. The van der Waals surface area contributed by atoms with Crippen LogP contribution in [0.2, 0.25) is 0 Å². The average molecular weight is 221 g/mol. The van der Waals surface area contributed by atoms with E-state index in [1.165, 1.54) is 6.08 Å². The van der Waals surface area contributed by atoms with E-state index in [4.69, 9.17) is 10.5 Å². The van der Waals surface area contributed by atoms with Gasteiger partial charge in [-0.05, 0) is 23.8 Å². The SMILES string of the molecule is COc1cccc(C=CC(=O)NNCN)c1. The number of nitrogens with one attached hydrogen (secondary N) is 2. The second-order valence-electron chi connectivity index (χ2n) is 2.98. The predicted molar refractivity (Wildman–Crippen MR) is 62.4 cm³/mol. The van der Waals surface area contributed by atoms with Crippen LogP contribution in [0.5, 0.6) is 5.75 Å². The van der Waals surface area contributed by atoms with Gasteiger partial charge in [-0.25, -0.2) is 5.43 Å². The van der Waals surface area contributed by atoms with Gasteiger partial charge in [0.15, 0.2) is 0 Å². The second-order valence-corrected chi connectivity index (χ2v) is 2.98. The van der Waals surface area contributed by atoms with Crippen LogP contribution in [0.4, 0.5) is 0 Å². The van der Waals surface area contributed by atoms with Gasteiger partial charge in [0.2, 0.25) is 0 Å². The fraction of sp³-hybridized carbons (Fsp3) is 0.182. The molecule has 0 aliphatic heterocycles. The number of carbonyl (C=O) groups is 1. The van der Waals surface area contributed by atoms with Crippen LogP contribution in [-0.2, 0) is 4.79 Å². The predicted octanol–water partition coefficient (Wildman–Crippen LogP) is 0.245. The molecule has 0 fully saturated rings. The van der Waals surface area contributed by atoms with Crippen LogP contribution in [0.1, 0.15) is 5.56 Å². The van der Waals surface area contributed by atoms with Crippen LogP contribution in [0, 0.1) is 0 Å². The molecule has 0 heterocycles. The molecule has 1 rings (SSSR count). The summed E-state index contributed by atoms with van der Waals surface area (Å²) in [4.78, 5) is 11.2. The van der Waals surface area contributed by atoms with Crippen molar-refractivity contribution in [3.8, 4) is 5.75 Å². The zero-order valence-electron chi connectivity index (χ0n) is 9.07. The molecule has 0 aliphatic rings. The second kappa shape index (κ2) is 6.60. The summed E-state index contributed by atoms with van der Waals surface area (Å²) in [6, 6.07) is 7.41. The minimum Gasteiger partial charge on any atom is -0.497 e. The van der Waals surface area contributed by atoms with E-state index in [1.807, 2.05) is 24.3 Å². The number of hydrogen-bond donors (Lipinski definition) is 3. The van der Waals surface area contributed by atoms with Crippen molar-refractivity contribution >= 4 is 12.0 Å². The lowest BCUT2D eigenvalue weighted by molar-refractivity contribution is -0.117. The molecule has 1 aromatic carbocycles. The standard InChI is InChI=1S/C11H15N3O2/c1-16-10-4-2-3-9(7-10)5-6-11(15)14-13-8-12/h2-7,13H,8,12H2,1H3,(H,14,15). The Morgan fingerprint density at radius 2 is 2.38 bits per heavy atom. The van der Waals surface area contributed by atoms with Crippen molar-refractivity contribution in [3.63, 3.8) is 0 Å². The Bertz CT molecular complexity index is 377. The fourth-order valence-electron chi connectivity index (χ4n) is 1.10. The van der Waals surface area contributed by atoms with Gasteiger partial charge in [-0.3, -0.25) is 10.2 Å². The lowest BCUT2D eigenvalue weighted by Gasteiger charge is -2.01. The quantitative estimate of drug-likeness (QED) is 0.378. The van der Waals surface area contributed by atoms with E-state index in [0.717, 1.165) is 11.3 Å². The van der Waals surface area contributed by atoms with Gasteiger partial charge < -0.3 is 10.5 Å². The van der Waals surface area contributed by atoms with Gasteiger partial charge in [0, 0.05) is 6.08 Å². The first-order valence-electron chi connectivity index (χ1n) is 4.81. The van der Waals surface area contributed by atoms with Crippen molar-refractivity contribution in [2.75, 3.05) is 13.8 Å². The summed E-state index contributed by atoms with van der Waals surface area (Å²) in [7, 11) is 1.60. The number of hydrogen-bond acceptors (Lipinski definition) is 4. The maximum absolute atomic E-state index is 11.2. The number of ether oxygens (including phenoxy) is 1. The molecule has 5 heteroatoms. The molecule has 0 saturated carbocycles. The van der Waals surface area contributed by atoms with E-state index in [2.05, 4.69) is 10.9 Å². The van der Waals surface area contributed by atoms with Crippen LogP contribution in [-0.4, -0.2) is 19.7 Å². The zero-order valence-corrected chi connectivity index (χ0v) is 9.07. The van der Waals surface area contributed by atoms with E-state index in [0.29, 0.717) is 0 Å². The van der Waals surface area contributed by atoms with E-state index < -0.39 is 0 Å². The molecule has 0 bridgehead atoms. The minimum absolute atomic E-state index is 0.193. The Hall–Kier alpha value is -1.85. The van der Waals surface area contributed by atoms with Crippen LogP contribution in [0.3, 0.4) is 0 Å². The molecule has 5 nitrogen and oxygen atoms in total. The Morgan fingerprint density at radius 3 is 3.06 bits per heavy atom. The van der Waals surface area contributed by atoms with Crippen molar-refractivity contribution in [2.24, 2.45) is 5.73 Å². The summed E-state index contributed by atoms with van der Waals surface area (Å²) in [6.07, 6.45) is 3.10. The highest BCUT2D eigenvalue weighted by molar-refractivity contribution is 5.91. The first-order chi connectivity index (χ1) is 7.76. The molecular formula is C11H15N3O2. The number of methoxy groups -OCH3 is 1. The Morgan fingerprint density at radius 1 is 1.56 bits per heavy atom. The van der Waals surface area contributed by atoms with Crippen molar-refractivity contribution in [2.45, 2.75) is 0 Å². The summed E-state index contributed by atoms with van der Waals surface area (Å²) in [5.74, 6) is 0.496. The molecule has 86 valence electrons. The van der Waals surface area contributed by atoms with E-state index in [-0.39, 0.29) is 12.6 Å². The van der Waals surface area contributed by atoms with E-state index in [9.17, 15) is 4.79 Å².